The summed E-state index contributed by atoms with van der Waals surface area (Å²) in [5, 5.41) is 11.7. The van der Waals surface area contributed by atoms with Crippen LogP contribution in [0.2, 0.25) is 0 Å². The van der Waals surface area contributed by atoms with Crippen molar-refractivity contribution in [3.63, 3.8) is 0 Å². The van der Waals surface area contributed by atoms with Crippen molar-refractivity contribution in [2.45, 2.75) is 6.43 Å². The quantitative estimate of drug-likeness (QED) is 0.513. The van der Waals surface area contributed by atoms with Crippen LogP contribution in [0, 0.1) is 0 Å². The van der Waals surface area contributed by atoms with Crippen LogP contribution in [-0.4, -0.2) is 37.3 Å². The summed E-state index contributed by atoms with van der Waals surface area (Å²) in [4.78, 5) is 10.9. The van der Waals surface area contributed by atoms with Gasteiger partial charge in [0.25, 0.3) is 6.43 Å². The number of nitrogens with two attached hydrogens (primary N) is 1. The van der Waals surface area contributed by atoms with Gasteiger partial charge in [-0.15, -0.1) is 0 Å². The van der Waals surface area contributed by atoms with Crippen LogP contribution in [0.4, 0.5) is 20.2 Å². The lowest BCUT2D eigenvalue weighted by molar-refractivity contribution is 0.0215. The zero-order valence-electron chi connectivity index (χ0n) is 9.53. The first-order valence-electron chi connectivity index (χ1n) is 5.23. The second-order valence-electron chi connectivity index (χ2n) is 3.50. The summed E-state index contributed by atoms with van der Waals surface area (Å²) in [5.74, 6) is -1.11. The van der Waals surface area contributed by atoms with Crippen molar-refractivity contribution < 1.29 is 23.4 Å². The number of benzene rings is 1. The topological polar surface area (TPSA) is 84.6 Å². The summed E-state index contributed by atoms with van der Waals surface area (Å²) in [5.41, 5.74) is 6.22. The van der Waals surface area contributed by atoms with Crippen LogP contribution in [0.3, 0.4) is 0 Å². The third-order valence-corrected chi connectivity index (χ3v) is 2.08. The predicted octanol–water partition coefficient (Wildman–Crippen LogP) is 1.66. The summed E-state index contributed by atoms with van der Waals surface area (Å²) in [6, 6.07) is 4.39. The summed E-state index contributed by atoms with van der Waals surface area (Å²) < 4.78 is 28.2. The molecule has 0 aliphatic rings. The Labute approximate surface area is 103 Å². The number of alkyl halides is 2. The van der Waals surface area contributed by atoms with Gasteiger partial charge >= 0.3 is 5.97 Å². The normalized spacial score (nSPS) is 10.6. The van der Waals surface area contributed by atoms with Crippen molar-refractivity contribution >= 4 is 17.3 Å². The number of ether oxygens (including phenoxy) is 1. The van der Waals surface area contributed by atoms with Gasteiger partial charge in [0.15, 0.2) is 0 Å². The van der Waals surface area contributed by atoms with Crippen molar-refractivity contribution in [1.29, 1.82) is 0 Å². The Morgan fingerprint density at radius 2 is 2.22 bits per heavy atom. The number of carbonyl (C=O) groups is 1. The molecule has 0 amide bonds. The van der Waals surface area contributed by atoms with Crippen LogP contribution in [-0.2, 0) is 4.74 Å². The van der Waals surface area contributed by atoms with Gasteiger partial charge in [0, 0.05) is 17.9 Å². The third-order valence-electron chi connectivity index (χ3n) is 2.08. The fourth-order valence-electron chi connectivity index (χ4n) is 1.32. The molecule has 0 heterocycles. The van der Waals surface area contributed by atoms with Crippen molar-refractivity contribution in [3.05, 3.63) is 23.8 Å². The van der Waals surface area contributed by atoms with Crippen LogP contribution >= 0.6 is 0 Å². The number of anilines is 2. The van der Waals surface area contributed by atoms with Crippen LogP contribution in [0.15, 0.2) is 18.2 Å². The summed E-state index contributed by atoms with van der Waals surface area (Å²) in [6.07, 6.45) is -2.50. The molecule has 5 nitrogen and oxygen atoms in total. The Bertz CT molecular complexity index is 413. The maximum atomic E-state index is 11.8. The van der Waals surface area contributed by atoms with Gasteiger partial charge in [-0.05, 0) is 18.2 Å². The lowest BCUT2D eigenvalue weighted by Gasteiger charge is -2.10. The van der Waals surface area contributed by atoms with Crippen LogP contribution in [0.1, 0.15) is 10.4 Å². The molecule has 0 aromatic heterocycles. The van der Waals surface area contributed by atoms with Gasteiger partial charge in [0.05, 0.1) is 12.2 Å². The molecular formula is C11H14F2N2O3. The van der Waals surface area contributed by atoms with E-state index in [2.05, 4.69) is 10.1 Å². The second kappa shape index (κ2) is 6.75. The molecule has 1 aromatic carbocycles. The van der Waals surface area contributed by atoms with Crippen molar-refractivity contribution in [2.75, 3.05) is 30.8 Å². The minimum Gasteiger partial charge on any atom is -0.478 e. The Morgan fingerprint density at radius 3 is 2.83 bits per heavy atom. The van der Waals surface area contributed by atoms with Crippen LogP contribution in [0.5, 0.6) is 0 Å². The highest BCUT2D eigenvalue weighted by atomic mass is 19.3. The first-order chi connectivity index (χ1) is 8.50. The van der Waals surface area contributed by atoms with Gasteiger partial charge < -0.3 is 20.9 Å². The lowest BCUT2D eigenvalue weighted by Crippen LogP contribution is -2.15. The average Bonchev–Trinajstić information content (AvgIpc) is 2.29. The number of hydrogen-bond acceptors (Lipinski definition) is 4. The van der Waals surface area contributed by atoms with E-state index >= 15 is 0 Å². The smallest absolute Gasteiger partial charge is 0.337 e. The van der Waals surface area contributed by atoms with E-state index in [4.69, 9.17) is 10.8 Å². The van der Waals surface area contributed by atoms with E-state index in [0.29, 0.717) is 11.4 Å². The highest BCUT2D eigenvalue weighted by Gasteiger charge is 2.10. The van der Waals surface area contributed by atoms with Gasteiger partial charge in [0.1, 0.15) is 6.61 Å². The monoisotopic (exact) mass is 260 g/mol. The number of carboxylic acids is 1. The largest absolute Gasteiger partial charge is 0.478 e. The van der Waals surface area contributed by atoms with E-state index in [0.717, 1.165) is 0 Å². The molecule has 0 atom stereocenters. The molecule has 0 bridgehead atoms. The van der Waals surface area contributed by atoms with Crippen molar-refractivity contribution in [2.24, 2.45) is 0 Å². The number of rotatable bonds is 7. The molecule has 0 aliphatic carbocycles. The Morgan fingerprint density at radius 1 is 1.50 bits per heavy atom. The molecule has 7 heteroatoms. The molecule has 1 aromatic rings. The van der Waals surface area contributed by atoms with E-state index in [-0.39, 0.29) is 18.7 Å². The molecule has 4 N–H and O–H groups in total. The Balaban J connectivity index is 2.49. The zero-order chi connectivity index (χ0) is 13.5. The molecule has 100 valence electrons. The minimum atomic E-state index is -2.50. The lowest BCUT2D eigenvalue weighted by atomic mass is 10.1. The number of nitrogens with one attached hydrogen (secondary N) is 1. The highest BCUT2D eigenvalue weighted by Crippen LogP contribution is 2.18. The molecule has 0 saturated carbocycles. The first-order valence-corrected chi connectivity index (χ1v) is 5.23. The minimum absolute atomic E-state index is 0.0314. The zero-order valence-corrected chi connectivity index (χ0v) is 9.53. The van der Waals surface area contributed by atoms with Crippen molar-refractivity contribution in [1.82, 2.24) is 0 Å². The number of carboxylic acid groups (broad SMARTS) is 1. The number of aromatic carboxylic acids is 1. The highest BCUT2D eigenvalue weighted by molar-refractivity contribution is 5.95. The standard InChI is InChI=1S/C11H14F2N2O3/c12-10(13)6-18-4-3-15-9-2-1-7(14)5-8(9)11(16)17/h1-2,5,10,15H,3-4,6,14H2,(H,16,17). The average molecular weight is 260 g/mol. The van der Waals surface area contributed by atoms with E-state index in [9.17, 15) is 13.6 Å². The van der Waals surface area contributed by atoms with E-state index < -0.39 is 19.0 Å². The molecule has 18 heavy (non-hydrogen) atoms. The number of halogens is 2. The Hall–Kier alpha value is -1.89. The van der Waals surface area contributed by atoms with Crippen molar-refractivity contribution in [3.8, 4) is 0 Å². The molecule has 1 rings (SSSR count). The summed E-state index contributed by atoms with van der Waals surface area (Å²) >= 11 is 0. The van der Waals surface area contributed by atoms with Gasteiger partial charge in [-0.2, -0.15) is 0 Å². The summed E-state index contributed by atoms with van der Waals surface area (Å²) in [6.45, 7) is -0.333. The van der Waals surface area contributed by atoms with E-state index in [1.807, 2.05) is 0 Å². The molecule has 0 saturated heterocycles. The molecule has 0 aliphatic heterocycles. The number of hydrogen-bond donors (Lipinski definition) is 3. The maximum absolute atomic E-state index is 11.8. The number of nitrogen functional groups attached to an aromatic ring is 1. The van der Waals surface area contributed by atoms with Gasteiger partial charge in [0.2, 0.25) is 0 Å². The van der Waals surface area contributed by atoms with E-state index in [1.165, 1.54) is 12.1 Å². The van der Waals surface area contributed by atoms with Gasteiger partial charge in [-0.25, -0.2) is 13.6 Å². The fraction of sp³-hybridized carbons (Fsp3) is 0.364. The SMILES string of the molecule is Nc1ccc(NCCOCC(F)F)c(C(=O)O)c1. The fourth-order valence-corrected chi connectivity index (χ4v) is 1.32. The molecule has 0 spiro atoms. The third kappa shape index (κ3) is 4.54. The Kier molecular flexibility index (Phi) is 5.31. The van der Waals surface area contributed by atoms with Gasteiger partial charge in [-0.1, -0.05) is 0 Å². The summed E-state index contributed by atoms with van der Waals surface area (Å²) in [7, 11) is 0. The van der Waals surface area contributed by atoms with E-state index in [1.54, 1.807) is 6.07 Å². The van der Waals surface area contributed by atoms with Crippen LogP contribution in [0.25, 0.3) is 0 Å². The van der Waals surface area contributed by atoms with Crippen LogP contribution < -0.4 is 11.1 Å². The molecule has 0 unspecified atom stereocenters. The maximum Gasteiger partial charge on any atom is 0.337 e. The molecule has 0 radical (unpaired) electrons. The molecular weight excluding hydrogens is 246 g/mol. The predicted molar refractivity (Wildman–Crippen MR) is 63.1 cm³/mol. The second-order valence-corrected chi connectivity index (χ2v) is 3.50. The van der Waals surface area contributed by atoms with Gasteiger partial charge in [-0.3, -0.25) is 0 Å². The first kappa shape index (κ1) is 14.2. The molecule has 0 fully saturated rings.